The summed E-state index contributed by atoms with van der Waals surface area (Å²) in [6.45, 7) is -0.207. The summed E-state index contributed by atoms with van der Waals surface area (Å²) in [4.78, 5) is 0. The van der Waals surface area contributed by atoms with Crippen molar-refractivity contribution in [2.45, 2.75) is 12.5 Å². The second-order valence-electron chi connectivity index (χ2n) is 3.11. The number of aliphatic hydroxyl groups is 1. The maximum absolute atomic E-state index is 12.0. The topological polar surface area (TPSA) is 38.7 Å². The minimum absolute atomic E-state index is 0.0672. The number of halogens is 4. The molecule has 0 fully saturated rings. The van der Waals surface area contributed by atoms with E-state index in [1.165, 1.54) is 18.2 Å². The van der Waals surface area contributed by atoms with E-state index in [1.807, 2.05) is 0 Å². The normalized spacial score (nSPS) is 13.2. The van der Waals surface area contributed by atoms with Gasteiger partial charge in [0.2, 0.25) is 0 Å². The Balaban J connectivity index is 2.71. The molecule has 1 aromatic carbocycles. The molecule has 1 rings (SSSR count). The van der Waals surface area contributed by atoms with Gasteiger partial charge in [-0.05, 0) is 12.1 Å². The van der Waals surface area contributed by atoms with Gasteiger partial charge in [-0.25, -0.2) is 0 Å². The Hall–Kier alpha value is -1.14. The number of benzene rings is 1. The first-order chi connectivity index (χ1) is 7.92. The molecule has 0 saturated carbocycles. The van der Waals surface area contributed by atoms with Crippen molar-refractivity contribution in [2.75, 3.05) is 12.5 Å². The number of para-hydroxylation sites is 2. The van der Waals surface area contributed by atoms with Crippen LogP contribution in [0.15, 0.2) is 24.3 Å². The third-order valence-corrected chi connectivity index (χ3v) is 2.04. The van der Waals surface area contributed by atoms with E-state index >= 15 is 0 Å². The van der Waals surface area contributed by atoms with Crippen LogP contribution in [0.25, 0.3) is 0 Å². The lowest BCUT2D eigenvalue weighted by Crippen LogP contribution is -2.21. The Labute approximate surface area is 101 Å². The second-order valence-corrected chi connectivity index (χ2v) is 3.42. The molecule has 0 saturated heterocycles. The molecule has 96 valence electrons. The average molecular weight is 271 g/mol. The Morgan fingerprint density at radius 1 is 1.24 bits per heavy atom. The maximum Gasteiger partial charge on any atom is 0.573 e. The Kier molecular flexibility index (Phi) is 4.89. The smallest absolute Gasteiger partial charge is 0.487 e. The van der Waals surface area contributed by atoms with Crippen LogP contribution in [0.1, 0.15) is 0 Å². The van der Waals surface area contributed by atoms with E-state index in [2.05, 4.69) is 4.74 Å². The van der Waals surface area contributed by atoms with Crippen molar-refractivity contribution in [1.29, 1.82) is 0 Å². The molecule has 0 bridgehead atoms. The van der Waals surface area contributed by atoms with Crippen molar-refractivity contribution in [1.82, 2.24) is 0 Å². The Morgan fingerprint density at radius 2 is 1.82 bits per heavy atom. The quantitative estimate of drug-likeness (QED) is 0.836. The van der Waals surface area contributed by atoms with Gasteiger partial charge >= 0.3 is 6.36 Å². The van der Waals surface area contributed by atoms with Crippen LogP contribution in [0, 0.1) is 0 Å². The van der Waals surface area contributed by atoms with Crippen LogP contribution in [0.4, 0.5) is 13.2 Å². The predicted octanol–water partition coefficient (Wildman–Crippen LogP) is 2.56. The van der Waals surface area contributed by atoms with Gasteiger partial charge in [0, 0.05) is 0 Å². The number of ether oxygens (including phenoxy) is 2. The summed E-state index contributed by atoms with van der Waals surface area (Å²) in [5, 5.41) is 9.12. The monoisotopic (exact) mass is 270 g/mol. The fourth-order valence-electron chi connectivity index (χ4n) is 1.01. The van der Waals surface area contributed by atoms with Crippen molar-refractivity contribution in [3.63, 3.8) is 0 Å². The van der Waals surface area contributed by atoms with Crippen LogP contribution < -0.4 is 9.47 Å². The fourth-order valence-corrected chi connectivity index (χ4v) is 1.10. The molecule has 0 radical (unpaired) electrons. The van der Waals surface area contributed by atoms with E-state index in [1.54, 1.807) is 0 Å². The number of hydrogen-bond donors (Lipinski definition) is 1. The van der Waals surface area contributed by atoms with Crippen molar-refractivity contribution >= 4 is 11.6 Å². The molecule has 0 amide bonds. The predicted molar refractivity (Wildman–Crippen MR) is 55.3 cm³/mol. The number of alkyl halides is 4. The summed E-state index contributed by atoms with van der Waals surface area (Å²) < 4.78 is 44.8. The molecule has 1 unspecified atom stereocenters. The molecule has 0 heterocycles. The fraction of sp³-hybridized carbons (Fsp3) is 0.400. The first kappa shape index (κ1) is 13.9. The molecule has 0 aliphatic carbocycles. The van der Waals surface area contributed by atoms with Gasteiger partial charge in [-0.1, -0.05) is 12.1 Å². The molecule has 1 N–H and O–H groups in total. The zero-order valence-corrected chi connectivity index (χ0v) is 9.33. The number of hydrogen-bond acceptors (Lipinski definition) is 3. The summed E-state index contributed by atoms with van der Waals surface area (Å²) in [6.07, 6.45) is -5.74. The molecular formula is C10H10ClF3O3. The van der Waals surface area contributed by atoms with Crippen LogP contribution in [-0.4, -0.2) is 30.1 Å². The van der Waals surface area contributed by atoms with Gasteiger partial charge in [0.1, 0.15) is 12.7 Å². The summed E-state index contributed by atoms with van der Waals surface area (Å²) in [7, 11) is 0. The highest BCUT2D eigenvalue weighted by atomic mass is 35.5. The minimum Gasteiger partial charge on any atom is -0.487 e. The number of aliphatic hydroxyl groups excluding tert-OH is 1. The molecule has 0 aromatic heterocycles. The summed E-state index contributed by atoms with van der Waals surface area (Å²) in [6, 6.07) is 5.30. The van der Waals surface area contributed by atoms with Crippen LogP contribution in [0.3, 0.4) is 0 Å². The van der Waals surface area contributed by atoms with Crippen LogP contribution >= 0.6 is 11.6 Å². The van der Waals surface area contributed by atoms with Gasteiger partial charge in [0.25, 0.3) is 0 Å². The molecular weight excluding hydrogens is 261 g/mol. The highest BCUT2D eigenvalue weighted by molar-refractivity contribution is 6.18. The largest absolute Gasteiger partial charge is 0.573 e. The lowest BCUT2D eigenvalue weighted by molar-refractivity contribution is -0.275. The number of rotatable bonds is 5. The van der Waals surface area contributed by atoms with E-state index in [0.29, 0.717) is 0 Å². The maximum atomic E-state index is 12.0. The van der Waals surface area contributed by atoms with E-state index in [4.69, 9.17) is 21.4 Å². The van der Waals surface area contributed by atoms with Crippen molar-refractivity contribution in [3.05, 3.63) is 24.3 Å². The Bertz CT molecular complexity index is 357. The molecule has 0 aliphatic heterocycles. The highest BCUT2D eigenvalue weighted by Gasteiger charge is 2.32. The van der Waals surface area contributed by atoms with Gasteiger partial charge in [-0.2, -0.15) is 0 Å². The standard InChI is InChI=1S/C10H10ClF3O3/c11-5-7(15)6-16-8-3-1-2-4-9(8)17-10(12,13)14/h1-4,7,15H,5-6H2. The first-order valence-electron chi connectivity index (χ1n) is 4.64. The third kappa shape index (κ3) is 5.14. The van der Waals surface area contributed by atoms with Crippen molar-refractivity contribution in [2.24, 2.45) is 0 Å². The van der Waals surface area contributed by atoms with Crippen LogP contribution in [0.5, 0.6) is 11.5 Å². The zero-order valence-electron chi connectivity index (χ0n) is 8.58. The van der Waals surface area contributed by atoms with E-state index in [0.717, 1.165) is 6.07 Å². The molecule has 3 nitrogen and oxygen atoms in total. The lowest BCUT2D eigenvalue weighted by atomic mass is 10.3. The van der Waals surface area contributed by atoms with Gasteiger partial charge in [-0.15, -0.1) is 24.8 Å². The molecule has 1 aromatic rings. The molecule has 1 atom stereocenters. The summed E-state index contributed by atoms with van der Waals surface area (Å²) in [5.74, 6) is -0.627. The van der Waals surface area contributed by atoms with Crippen LogP contribution in [0.2, 0.25) is 0 Å². The first-order valence-corrected chi connectivity index (χ1v) is 5.17. The third-order valence-electron chi connectivity index (χ3n) is 1.68. The van der Waals surface area contributed by atoms with Gasteiger partial charge in [-0.3, -0.25) is 0 Å². The van der Waals surface area contributed by atoms with E-state index < -0.39 is 18.2 Å². The van der Waals surface area contributed by atoms with E-state index in [-0.39, 0.29) is 18.2 Å². The zero-order chi connectivity index (χ0) is 12.9. The molecule has 0 aliphatic rings. The highest BCUT2D eigenvalue weighted by Crippen LogP contribution is 2.31. The van der Waals surface area contributed by atoms with Gasteiger partial charge in [0.05, 0.1) is 5.88 Å². The molecule has 17 heavy (non-hydrogen) atoms. The summed E-state index contributed by atoms with van der Waals surface area (Å²) >= 11 is 5.32. The van der Waals surface area contributed by atoms with Crippen molar-refractivity contribution in [3.8, 4) is 11.5 Å². The second kappa shape index (κ2) is 5.97. The Morgan fingerprint density at radius 3 is 2.35 bits per heavy atom. The molecule has 0 spiro atoms. The van der Waals surface area contributed by atoms with Gasteiger partial charge < -0.3 is 14.6 Å². The SMILES string of the molecule is OC(CCl)COc1ccccc1OC(F)(F)F. The lowest BCUT2D eigenvalue weighted by Gasteiger charge is -2.15. The minimum atomic E-state index is -4.79. The van der Waals surface area contributed by atoms with Crippen LogP contribution in [-0.2, 0) is 0 Å². The van der Waals surface area contributed by atoms with Gasteiger partial charge in [0.15, 0.2) is 11.5 Å². The summed E-state index contributed by atoms with van der Waals surface area (Å²) in [5.41, 5.74) is 0. The average Bonchev–Trinajstić information content (AvgIpc) is 2.25. The van der Waals surface area contributed by atoms with E-state index in [9.17, 15) is 13.2 Å². The van der Waals surface area contributed by atoms with Crippen molar-refractivity contribution < 1.29 is 27.8 Å². The molecule has 7 heteroatoms.